The average Bonchev–Trinajstić information content (AvgIpc) is 3.76. The summed E-state index contributed by atoms with van der Waals surface area (Å²) in [5.74, 6) is 0. The molecule has 0 N–H and O–H groups in total. The van der Waals surface area contributed by atoms with Crippen LogP contribution in [0.5, 0.6) is 0 Å². The van der Waals surface area contributed by atoms with E-state index in [-0.39, 0.29) is 5.41 Å². The number of hydrogen-bond donors (Lipinski definition) is 0. The zero-order chi connectivity index (χ0) is 32.2. The Hall–Kier alpha value is -2.34. The van der Waals surface area contributed by atoms with Gasteiger partial charge >= 0.3 is 286 Å². The van der Waals surface area contributed by atoms with Gasteiger partial charge in [-0.15, -0.1) is 0 Å². The number of fused-ring (bicyclic) bond motifs is 8. The van der Waals surface area contributed by atoms with E-state index < -0.39 is 36.1 Å². The minimum atomic E-state index is -3.06. The molecule has 3 heteroatoms. The third-order valence-electron chi connectivity index (χ3n) is 12.3. The minimum absolute atomic E-state index is 0.223. The van der Waals surface area contributed by atoms with Crippen molar-refractivity contribution in [2.45, 2.75) is 81.7 Å². The Kier molecular flexibility index (Phi) is 7.12. The van der Waals surface area contributed by atoms with Crippen molar-refractivity contribution in [2.24, 2.45) is 5.41 Å². The summed E-state index contributed by atoms with van der Waals surface area (Å²) in [4.78, 5) is 0. The predicted molar refractivity (Wildman–Crippen MR) is 204 cm³/mol. The fourth-order valence-corrected chi connectivity index (χ4v) is 29.4. The van der Waals surface area contributed by atoms with Crippen molar-refractivity contribution in [1.82, 2.24) is 0 Å². The van der Waals surface area contributed by atoms with Gasteiger partial charge in [0.05, 0.1) is 0 Å². The average molecular weight is 802 g/mol. The fourth-order valence-electron chi connectivity index (χ4n) is 9.93. The molecule has 0 radical (unpaired) electrons. The molecule has 3 aliphatic carbocycles. The van der Waals surface area contributed by atoms with E-state index in [4.69, 9.17) is 0 Å². The second kappa shape index (κ2) is 10.6. The van der Waals surface area contributed by atoms with Crippen molar-refractivity contribution in [3.63, 3.8) is 0 Å². The van der Waals surface area contributed by atoms with Gasteiger partial charge in [-0.3, -0.25) is 0 Å². The van der Waals surface area contributed by atoms with Crippen LogP contribution in [-0.2, 0) is 20.0 Å². The summed E-state index contributed by atoms with van der Waals surface area (Å²) < 4.78 is 6.94. The summed E-state index contributed by atoms with van der Waals surface area (Å²) >= 11 is -3.06. The van der Waals surface area contributed by atoms with Crippen LogP contribution >= 0.6 is 0 Å². The van der Waals surface area contributed by atoms with Gasteiger partial charge in [0.15, 0.2) is 0 Å². The maximum absolute atomic E-state index is 3.06. The monoisotopic (exact) mass is 802 g/mol. The van der Waals surface area contributed by atoms with Gasteiger partial charge in [0.2, 0.25) is 0 Å². The van der Waals surface area contributed by atoms with Gasteiger partial charge in [0, 0.05) is 0 Å². The first-order valence-corrected chi connectivity index (χ1v) is 36.1. The molecule has 0 aromatic heterocycles. The number of allylic oxidation sites excluding steroid dienone is 2. The Morgan fingerprint density at radius 2 is 0.935 bits per heavy atom. The molecule has 0 nitrogen and oxygen atoms in total. The molecule has 1 saturated heterocycles. The SMILES string of the molecule is C[Si](C)(C)c1ccc(-c2cccc3c2C=C2[CH]3[Hf]([CH3])([CH3])[CH]3C(=Cc4c(-c5ccc([Si](C)(C)C)cc5)cccc43)C23CCCC3)cc1. The topological polar surface area (TPSA) is 0 Å². The number of rotatable bonds is 4. The van der Waals surface area contributed by atoms with Crippen molar-refractivity contribution >= 4 is 38.7 Å². The van der Waals surface area contributed by atoms with Crippen LogP contribution in [0.25, 0.3) is 34.4 Å². The van der Waals surface area contributed by atoms with Crippen LogP contribution in [0.4, 0.5) is 0 Å². The molecular formula is C43H50HfSi2. The molecule has 4 aromatic rings. The van der Waals surface area contributed by atoms with Gasteiger partial charge in [-0.2, -0.15) is 0 Å². The zero-order valence-corrected chi connectivity index (χ0v) is 34.8. The molecule has 4 aromatic carbocycles. The van der Waals surface area contributed by atoms with Gasteiger partial charge < -0.3 is 0 Å². The number of benzene rings is 4. The summed E-state index contributed by atoms with van der Waals surface area (Å²) in [5, 5.41) is 3.09. The van der Waals surface area contributed by atoms with Crippen LogP contribution in [0.1, 0.15) is 55.3 Å². The Bertz CT molecular complexity index is 1790. The standard InChI is InChI=1S/C41H44Si2.2CH3.Hf/c1-42(2,3)35-19-15-29(16-20-35)37-13-9-11-31-25-33(27-39(31)37)41(23-7-8-24-41)34-26-32-12-10-14-38(40(32)28-34)30-17-21-36(22-18-30)43(4,5)6;;;/h9-22,25-28H,7-8,23-24H2,1-6H3;2*1H3;. The maximum atomic E-state index is 2.81. The second-order valence-corrected chi connectivity index (χ2v) is 44.8. The summed E-state index contributed by atoms with van der Waals surface area (Å²) in [6.45, 7) is 14.7. The van der Waals surface area contributed by atoms with Crippen molar-refractivity contribution < 1.29 is 20.0 Å². The van der Waals surface area contributed by atoms with E-state index in [1.54, 1.807) is 32.6 Å². The third-order valence-corrected chi connectivity index (χ3v) is 31.6. The van der Waals surface area contributed by atoms with E-state index in [9.17, 15) is 0 Å². The van der Waals surface area contributed by atoms with Gasteiger partial charge in [-0.25, -0.2) is 0 Å². The van der Waals surface area contributed by atoms with E-state index >= 15 is 0 Å². The predicted octanol–water partition coefficient (Wildman–Crippen LogP) is 11.5. The molecular weight excluding hydrogens is 751 g/mol. The second-order valence-electron chi connectivity index (χ2n) is 17.4. The quantitative estimate of drug-likeness (QED) is 0.180. The molecule has 2 unspecified atom stereocenters. The molecule has 0 amide bonds. The fraction of sp³-hybridized carbons (Fsp3) is 0.349. The molecule has 46 heavy (non-hydrogen) atoms. The first-order chi connectivity index (χ1) is 21.8. The van der Waals surface area contributed by atoms with E-state index in [1.807, 2.05) is 11.1 Å². The molecule has 2 atom stereocenters. The van der Waals surface area contributed by atoms with Crippen LogP contribution in [0, 0.1) is 5.41 Å². The Morgan fingerprint density at radius 1 is 0.543 bits per heavy atom. The molecule has 1 saturated carbocycles. The Balaban J connectivity index is 1.28. The van der Waals surface area contributed by atoms with E-state index in [0.717, 1.165) is 0 Å². The molecule has 1 heterocycles. The van der Waals surface area contributed by atoms with Crippen molar-refractivity contribution in [2.75, 3.05) is 0 Å². The normalized spacial score (nSPS) is 22.2. The van der Waals surface area contributed by atoms with E-state index in [1.165, 1.54) is 47.9 Å². The van der Waals surface area contributed by atoms with Crippen LogP contribution in [-0.4, -0.2) is 16.1 Å². The van der Waals surface area contributed by atoms with Crippen LogP contribution < -0.4 is 10.4 Å². The first kappa shape index (κ1) is 31.0. The third kappa shape index (κ3) is 4.58. The Labute approximate surface area is 284 Å². The summed E-state index contributed by atoms with van der Waals surface area (Å²) in [6.07, 6.45) is 10.8. The van der Waals surface area contributed by atoms with E-state index in [2.05, 4.69) is 146 Å². The zero-order valence-electron chi connectivity index (χ0n) is 29.2. The van der Waals surface area contributed by atoms with Crippen molar-refractivity contribution in [3.8, 4) is 22.3 Å². The van der Waals surface area contributed by atoms with Gasteiger partial charge in [-0.1, -0.05) is 0 Å². The van der Waals surface area contributed by atoms with Gasteiger partial charge in [0.25, 0.3) is 0 Å². The summed E-state index contributed by atoms with van der Waals surface area (Å²) in [5.41, 5.74) is 15.9. The first-order valence-electron chi connectivity index (χ1n) is 17.7. The molecule has 1 spiro atoms. The van der Waals surface area contributed by atoms with Crippen LogP contribution in [0.2, 0.25) is 48.6 Å². The molecule has 4 aliphatic rings. The van der Waals surface area contributed by atoms with Crippen LogP contribution in [0.3, 0.4) is 0 Å². The summed E-state index contributed by atoms with van der Waals surface area (Å²) in [7, 11) is -2.66. The summed E-state index contributed by atoms with van der Waals surface area (Å²) in [6, 6.07) is 33.9. The molecule has 0 bridgehead atoms. The van der Waals surface area contributed by atoms with E-state index in [0.29, 0.717) is 7.35 Å². The molecule has 1 aliphatic heterocycles. The van der Waals surface area contributed by atoms with Crippen molar-refractivity contribution in [1.29, 1.82) is 0 Å². The van der Waals surface area contributed by atoms with Gasteiger partial charge in [-0.05, 0) is 0 Å². The molecule has 2 fully saturated rings. The van der Waals surface area contributed by atoms with Crippen molar-refractivity contribution in [3.05, 3.63) is 118 Å². The Morgan fingerprint density at radius 3 is 1.30 bits per heavy atom. The molecule has 234 valence electrons. The van der Waals surface area contributed by atoms with Gasteiger partial charge in [0.1, 0.15) is 0 Å². The molecule has 8 rings (SSSR count). The van der Waals surface area contributed by atoms with Crippen LogP contribution in [0.15, 0.2) is 96.1 Å². The number of hydrogen-bond acceptors (Lipinski definition) is 0.